The van der Waals surface area contributed by atoms with Gasteiger partial charge in [0.15, 0.2) is 5.13 Å². The summed E-state index contributed by atoms with van der Waals surface area (Å²) in [6.07, 6.45) is 3.62. The molecule has 8 nitrogen and oxygen atoms in total. The van der Waals surface area contributed by atoms with Crippen molar-refractivity contribution in [2.24, 2.45) is 7.05 Å². The van der Waals surface area contributed by atoms with Crippen molar-refractivity contribution in [3.05, 3.63) is 40.8 Å². The first-order chi connectivity index (χ1) is 12.9. The highest BCUT2D eigenvalue weighted by atomic mass is 32.1. The van der Waals surface area contributed by atoms with Crippen molar-refractivity contribution in [2.45, 2.75) is 26.7 Å². The number of amides is 1. The zero-order valence-electron chi connectivity index (χ0n) is 15.3. The van der Waals surface area contributed by atoms with E-state index < -0.39 is 0 Å². The molecule has 27 heavy (non-hydrogen) atoms. The molecule has 0 aliphatic rings. The summed E-state index contributed by atoms with van der Waals surface area (Å²) in [5.41, 5.74) is 3.94. The van der Waals surface area contributed by atoms with Crippen molar-refractivity contribution < 1.29 is 9.32 Å². The van der Waals surface area contributed by atoms with Crippen LogP contribution >= 0.6 is 11.3 Å². The number of hydrogen-bond acceptors (Lipinski definition) is 7. The predicted octanol–water partition coefficient (Wildman–Crippen LogP) is 3.76. The molecule has 138 valence electrons. The third kappa shape index (κ3) is 3.21. The van der Waals surface area contributed by atoms with Crippen molar-refractivity contribution in [2.75, 3.05) is 5.32 Å². The van der Waals surface area contributed by atoms with E-state index in [4.69, 9.17) is 4.52 Å². The van der Waals surface area contributed by atoms with Gasteiger partial charge in [-0.2, -0.15) is 5.10 Å². The van der Waals surface area contributed by atoms with E-state index >= 15 is 0 Å². The quantitative estimate of drug-likeness (QED) is 0.577. The molecule has 0 fully saturated rings. The molecule has 1 N–H and O–H groups in total. The average molecular weight is 382 g/mol. The number of carbonyl (C=O) groups is 1. The largest absolute Gasteiger partial charge is 0.336 e. The molecular formula is C18H18N6O2S. The zero-order chi connectivity index (χ0) is 19.1. The van der Waals surface area contributed by atoms with Crippen LogP contribution < -0.4 is 5.32 Å². The first kappa shape index (κ1) is 17.3. The van der Waals surface area contributed by atoms with Gasteiger partial charge in [-0.05, 0) is 18.9 Å². The van der Waals surface area contributed by atoms with Gasteiger partial charge in [-0.1, -0.05) is 19.0 Å². The molecule has 0 aliphatic carbocycles. The third-order valence-corrected chi connectivity index (χ3v) is 4.96. The lowest BCUT2D eigenvalue weighted by Gasteiger charge is -2.08. The second kappa shape index (κ2) is 6.58. The van der Waals surface area contributed by atoms with Crippen molar-refractivity contribution in [1.82, 2.24) is 24.9 Å². The summed E-state index contributed by atoms with van der Waals surface area (Å²) < 4.78 is 6.99. The van der Waals surface area contributed by atoms with E-state index in [0.29, 0.717) is 27.5 Å². The maximum absolute atomic E-state index is 12.9. The smallest absolute Gasteiger partial charge is 0.259 e. The number of rotatable bonds is 4. The summed E-state index contributed by atoms with van der Waals surface area (Å²) in [7, 11) is 1.85. The molecular weight excluding hydrogens is 364 g/mol. The number of aryl methyl sites for hydroxylation is 2. The van der Waals surface area contributed by atoms with Crippen LogP contribution in [0.25, 0.3) is 22.4 Å². The van der Waals surface area contributed by atoms with Crippen LogP contribution in [-0.4, -0.2) is 30.8 Å². The predicted molar refractivity (Wildman–Crippen MR) is 103 cm³/mol. The summed E-state index contributed by atoms with van der Waals surface area (Å²) in [4.78, 5) is 21.9. The maximum atomic E-state index is 12.9. The standard InChI is InChI=1S/C18H18N6O2S/c1-9(2)13-5-12(15-10(3)23-26-17(15)20-13)16(25)22-18-21-14(8-27-18)11-6-19-24(4)7-11/h5-9H,1-4H3,(H,21,22,25). The highest BCUT2D eigenvalue weighted by Gasteiger charge is 2.20. The van der Waals surface area contributed by atoms with Crippen LogP contribution in [0.5, 0.6) is 0 Å². The van der Waals surface area contributed by atoms with Gasteiger partial charge in [-0.15, -0.1) is 11.3 Å². The van der Waals surface area contributed by atoms with Crippen molar-refractivity contribution in [3.63, 3.8) is 0 Å². The molecule has 0 saturated heterocycles. The number of anilines is 1. The maximum Gasteiger partial charge on any atom is 0.259 e. The lowest BCUT2D eigenvalue weighted by molar-refractivity contribution is 0.102. The fourth-order valence-electron chi connectivity index (χ4n) is 2.77. The van der Waals surface area contributed by atoms with Crippen LogP contribution in [0.2, 0.25) is 0 Å². The Morgan fingerprint density at radius 1 is 1.33 bits per heavy atom. The topological polar surface area (TPSA) is 98.7 Å². The highest BCUT2D eigenvalue weighted by Crippen LogP contribution is 2.28. The molecule has 1 amide bonds. The van der Waals surface area contributed by atoms with Gasteiger partial charge in [-0.3, -0.25) is 14.8 Å². The molecule has 0 saturated carbocycles. The molecule has 0 aliphatic heterocycles. The van der Waals surface area contributed by atoms with Gasteiger partial charge in [-0.25, -0.2) is 9.97 Å². The highest BCUT2D eigenvalue weighted by molar-refractivity contribution is 7.14. The second-order valence-electron chi connectivity index (χ2n) is 6.59. The summed E-state index contributed by atoms with van der Waals surface area (Å²) in [5, 5.41) is 14.0. The minimum atomic E-state index is -0.261. The molecule has 0 atom stereocenters. The number of fused-ring (bicyclic) bond motifs is 1. The number of carbonyl (C=O) groups excluding carboxylic acids is 1. The molecule has 0 aromatic carbocycles. The van der Waals surface area contributed by atoms with Crippen molar-refractivity contribution >= 4 is 33.5 Å². The first-order valence-electron chi connectivity index (χ1n) is 8.45. The Bertz CT molecular complexity index is 1140. The van der Waals surface area contributed by atoms with Crippen LogP contribution in [0.15, 0.2) is 28.4 Å². The Hall–Kier alpha value is -3.07. The molecule has 4 aromatic rings. The number of nitrogens with one attached hydrogen (secondary N) is 1. The second-order valence-corrected chi connectivity index (χ2v) is 7.45. The van der Waals surface area contributed by atoms with Gasteiger partial charge < -0.3 is 4.52 Å². The molecule has 9 heteroatoms. The van der Waals surface area contributed by atoms with E-state index in [1.807, 2.05) is 32.5 Å². The minimum absolute atomic E-state index is 0.156. The first-order valence-corrected chi connectivity index (χ1v) is 9.33. The van der Waals surface area contributed by atoms with Gasteiger partial charge in [0.1, 0.15) is 0 Å². The normalized spacial score (nSPS) is 11.4. The third-order valence-electron chi connectivity index (χ3n) is 4.20. The van der Waals surface area contributed by atoms with E-state index in [1.165, 1.54) is 11.3 Å². The molecule has 0 radical (unpaired) electrons. The Balaban J connectivity index is 1.67. The Morgan fingerprint density at radius 3 is 2.85 bits per heavy atom. The summed E-state index contributed by atoms with van der Waals surface area (Å²) in [5.74, 6) is -0.105. The molecule has 0 bridgehead atoms. The van der Waals surface area contributed by atoms with Gasteiger partial charge >= 0.3 is 0 Å². The van der Waals surface area contributed by atoms with E-state index in [9.17, 15) is 4.79 Å². The average Bonchev–Trinajstić information content (AvgIpc) is 3.35. The van der Waals surface area contributed by atoms with E-state index in [2.05, 4.69) is 25.5 Å². The molecule has 0 unspecified atom stereocenters. The van der Waals surface area contributed by atoms with Gasteiger partial charge in [0.05, 0.1) is 28.5 Å². The lowest BCUT2D eigenvalue weighted by Crippen LogP contribution is -2.13. The Morgan fingerprint density at radius 2 is 2.15 bits per heavy atom. The fourth-order valence-corrected chi connectivity index (χ4v) is 3.48. The van der Waals surface area contributed by atoms with Gasteiger partial charge in [0, 0.05) is 29.9 Å². The van der Waals surface area contributed by atoms with Crippen LogP contribution in [0.4, 0.5) is 5.13 Å². The summed E-state index contributed by atoms with van der Waals surface area (Å²) >= 11 is 1.36. The fraction of sp³-hybridized carbons (Fsp3) is 0.278. The van der Waals surface area contributed by atoms with Crippen molar-refractivity contribution in [3.8, 4) is 11.3 Å². The van der Waals surface area contributed by atoms with Crippen LogP contribution in [0.1, 0.15) is 41.5 Å². The minimum Gasteiger partial charge on any atom is -0.336 e. The molecule has 4 heterocycles. The monoisotopic (exact) mass is 382 g/mol. The van der Waals surface area contributed by atoms with E-state index in [1.54, 1.807) is 23.9 Å². The summed E-state index contributed by atoms with van der Waals surface area (Å²) in [6, 6.07) is 1.79. The lowest BCUT2D eigenvalue weighted by atomic mass is 10.0. The number of hydrogen-bond donors (Lipinski definition) is 1. The van der Waals surface area contributed by atoms with Gasteiger partial charge in [0.2, 0.25) is 0 Å². The van der Waals surface area contributed by atoms with Crippen LogP contribution in [0.3, 0.4) is 0 Å². The van der Waals surface area contributed by atoms with E-state index in [0.717, 1.165) is 17.0 Å². The summed E-state index contributed by atoms with van der Waals surface area (Å²) in [6.45, 7) is 5.82. The van der Waals surface area contributed by atoms with Crippen LogP contribution in [0, 0.1) is 6.92 Å². The number of pyridine rings is 1. The Kier molecular flexibility index (Phi) is 4.23. The molecule has 4 aromatic heterocycles. The SMILES string of the molecule is Cc1noc2nc(C(C)C)cc(C(=O)Nc3nc(-c4cnn(C)c4)cs3)c12. The number of nitrogens with zero attached hydrogens (tertiary/aromatic N) is 5. The van der Waals surface area contributed by atoms with Crippen LogP contribution in [-0.2, 0) is 7.05 Å². The molecule has 0 spiro atoms. The molecule has 4 rings (SSSR count). The van der Waals surface area contributed by atoms with Gasteiger partial charge in [0.25, 0.3) is 11.6 Å². The van der Waals surface area contributed by atoms with Crippen molar-refractivity contribution in [1.29, 1.82) is 0 Å². The number of thiazole rings is 1. The Labute approximate surface area is 159 Å². The number of aromatic nitrogens is 5. The van der Waals surface area contributed by atoms with E-state index in [-0.39, 0.29) is 11.8 Å². The zero-order valence-corrected chi connectivity index (χ0v) is 16.2.